The number of nitro groups is 1. The maximum atomic E-state index is 12.5. The lowest BCUT2D eigenvalue weighted by atomic mass is 9.97. The summed E-state index contributed by atoms with van der Waals surface area (Å²) in [5, 5.41) is 13.5. The van der Waals surface area contributed by atoms with Crippen LogP contribution in [0.4, 0.5) is 11.4 Å². The SMILES string of the molecule is CC1CCCC(C)N1C(=O)COc1ccc(C(=O)Nc2ccncc2[N+](=O)[O-])cc1. The van der Waals surface area contributed by atoms with E-state index in [0.717, 1.165) is 25.5 Å². The highest BCUT2D eigenvalue weighted by atomic mass is 16.6. The summed E-state index contributed by atoms with van der Waals surface area (Å²) in [5.74, 6) is -0.0866. The molecule has 2 aromatic rings. The molecule has 0 bridgehead atoms. The quantitative estimate of drug-likeness (QED) is 0.574. The van der Waals surface area contributed by atoms with Crippen molar-refractivity contribution in [3.8, 4) is 5.75 Å². The summed E-state index contributed by atoms with van der Waals surface area (Å²) in [4.78, 5) is 40.9. The third-order valence-electron chi connectivity index (χ3n) is 5.21. The fourth-order valence-corrected chi connectivity index (χ4v) is 3.67. The number of carbonyl (C=O) groups is 2. The molecule has 0 radical (unpaired) electrons. The molecule has 2 amide bonds. The molecule has 2 heterocycles. The third kappa shape index (κ3) is 4.91. The van der Waals surface area contributed by atoms with Gasteiger partial charge in [0.2, 0.25) is 0 Å². The fraction of sp³-hybridized carbons (Fsp3) is 0.381. The molecular weight excluding hydrogens is 388 g/mol. The van der Waals surface area contributed by atoms with Crippen molar-refractivity contribution in [3.63, 3.8) is 0 Å². The van der Waals surface area contributed by atoms with Gasteiger partial charge in [-0.3, -0.25) is 24.7 Å². The van der Waals surface area contributed by atoms with Crippen LogP contribution in [0.2, 0.25) is 0 Å². The van der Waals surface area contributed by atoms with E-state index in [4.69, 9.17) is 4.74 Å². The Morgan fingerprint density at radius 3 is 2.50 bits per heavy atom. The number of rotatable bonds is 6. The van der Waals surface area contributed by atoms with Crippen LogP contribution in [0.1, 0.15) is 43.5 Å². The molecule has 9 nitrogen and oxygen atoms in total. The van der Waals surface area contributed by atoms with Gasteiger partial charge in [0.15, 0.2) is 6.61 Å². The largest absolute Gasteiger partial charge is 0.484 e. The van der Waals surface area contributed by atoms with Gasteiger partial charge in [-0.15, -0.1) is 0 Å². The third-order valence-corrected chi connectivity index (χ3v) is 5.21. The molecule has 9 heteroatoms. The average Bonchev–Trinajstić information content (AvgIpc) is 2.72. The van der Waals surface area contributed by atoms with Gasteiger partial charge in [-0.05, 0) is 63.4 Å². The predicted octanol–water partition coefficient (Wildman–Crippen LogP) is 3.41. The van der Waals surface area contributed by atoms with Crippen LogP contribution in [0.3, 0.4) is 0 Å². The van der Waals surface area contributed by atoms with Crippen LogP contribution < -0.4 is 10.1 Å². The lowest BCUT2D eigenvalue weighted by Gasteiger charge is -2.38. The lowest BCUT2D eigenvalue weighted by Crippen LogP contribution is -2.49. The maximum Gasteiger partial charge on any atom is 0.310 e. The second-order valence-corrected chi connectivity index (χ2v) is 7.35. The summed E-state index contributed by atoms with van der Waals surface area (Å²) < 4.78 is 5.60. The van der Waals surface area contributed by atoms with E-state index in [1.54, 1.807) is 12.1 Å². The van der Waals surface area contributed by atoms with Crippen molar-refractivity contribution in [2.75, 3.05) is 11.9 Å². The summed E-state index contributed by atoms with van der Waals surface area (Å²) in [5.41, 5.74) is 0.0826. The van der Waals surface area contributed by atoms with Crippen molar-refractivity contribution in [3.05, 3.63) is 58.4 Å². The predicted molar refractivity (Wildman–Crippen MR) is 110 cm³/mol. The lowest BCUT2D eigenvalue weighted by molar-refractivity contribution is -0.384. The molecule has 2 unspecified atom stereocenters. The van der Waals surface area contributed by atoms with Crippen molar-refractivity contribution >= 4 is 23.2 Å². The molecular formula is C21H24N4O5. The van der Waals surface area contributed by atoms with E-state index in [2.05, 4.69) is 10.3 Å². The van der Waals surface area contributed by atoms with Gasteiger partial charge >= 0.3 is 5.69 Å². The van der Waals surface area contributed by atoms with E-state index in [1.165, 1.54) is 24.4 Å². The number of aromatic nitrogens is 1. The van der Waals surface area contributed by atoms with Gasteiger partial charge in [0, 0.05) is 23.8 Å². The Balaban J connectivity index is 1.59. The highest BCUT2D eigenvalue weighted by molar-refractivity contribution is 6.05. The van der Waals surface area contributed by atoms with Crippen LogP contribution in [-0.2, 0) is 4.79 Å². The van der Waals surface area contributed by atoms with Crippen LogP contribution in [0, 0.1) is 10.1 Å². The number of benzene rings is 1. The van der Waals surface area contributed by atoms with Gasteiger partial charge in [0.05, 0.1) is 4.92 Å². The molecule has 0 spiro atoms. The van der Waals surface area contributed by atoms with Gasteiger partial charge in [-0.25, -0.2) is 0 Å². The Morgan fingerprint density at radius 2 is 1.87 bits per heavy atom. The number of likely N-dealkylation sites (tertiary alicyclic amines) is 1. The molecule has 1 saturated heterocycles. The monoisotopic (exact) mass is 412 g/mol. The Hall–Kier alpha value is -3.49. The zero-order valence-corrected chi connectivity index (χ0v) is 16.9. The molecule has 0 saturated carbocycles. The normalized spacial score (nSPS) is 18.5. The summed E-state index contributed by atoms with van der Waals surface area (Å²) in [7, 11) is 0. The number of amides is 2. The van der Waals surface area contributed by atoms with Crippen molar-refractivity contribution in [1.82, 2.24) is 9.88 Å². The number of pyridine rings is 1. The van der Waals surface area contributed by atoms with E-state index in [9.17, 15) is 19.7 Å². The molecule has 158 valence electrons. The van der Waals surface area contributed by atoms with Crippen LogP contribution >= 0.6 is 0 Å². The first-order chi connectivity index (χ1) is 14.4. The standard InChI is InChI=1S/C21H24N4O5/c1-14-4-3-5-15(2)24(14)20(26)13-30-17-8-6-16(7-9-17)21(27)23-18-10-11-22-12-19(18)25(28)29/h6-12,14-15H,3-5,13H2,1-2H3,(H,22,23,27). The number of nitrogens with zero attached hydrogens (tertiary/aromatic N) is 3. The Bertz CT molecular complexity index is 921. The van der Waals surface area contributed by atoms with E-state index in [0.29, 0.717) is 11.3 Å². The number of nitrogens with one attached hydrogen (secondary N) is 1. The molecule has 1 fully saturated rings. The first-order valence-corrected chi connectivity index (χ1v) is 9.80. The number of hydrogen-bond donors (Lipinski definition) is 1. The second-order valence-electron chi connectivity index (χ2n) is 7.35. The Kier molecular flexibility index (Phi) is 6.61. The molecule has 1 N–H and O–H groups in total. The van der Waals surface area contributed by atoms with E-state index >= 15 is 0 Å². The average molecular weight is 412 g/mol. The van der Waals surface area contributed by atoms with E-state index in [1.807, 2.05) is 18.7 Å². The molecule has 30 heavy (non-hydrogen) atoms. The Morgan fingerprint density at radius 1 is 1.20 bits per heavy atom. The summed E-state index contributed by atoms with van der Waals surface area (Å²) in [6.07, 6.45) is 5.55. The molecule has 1 aliphatic rings. The molecule has 1 aliphatic heterocycles. The number of hydrogen-bond acceptors (Lipinski definition) is 6. The number of piperidine rings is 1. The van der Waals surface area contributed by atoms with Gasteiger partial charge in [0.25, 0.3) is 11.8 Å². The first kappa shape index (κ1) is 21.2. The fourth-order valence-electron chi connectivity index (χ4n) is 3.67. The topological polar surface area (TPSA) is 115 Å². The summed E-state index contributed by atoms with van der Waals surface area (Å²) >= 11 is 0. The van der Waals surface area contributed by atoms with Crippen molar-refractivity contribution in [2.24, 2.45) is 0 Å². The summed E-state index contributed by atoms with van der Waals surface area (Å²) in [6.45, 7) is 4.03. The first-order valence-electron chi connectivity index (χ1n) is 9.80. The number of ether oxygens (including phenoxy) is 1. The van der Waals surface area contributed by atoms with Crippen LogP contribution in [0.5, 0.6) is 5.75 Å². The minimum atomic E-state index is -0.610. The smallest absolute Gasteiger partial charge is 0.310 e. The van der Waals surface area contributed by atoms with Gasteiger partial charge < -0.3 is 15.0 Å². The second kappa shape index (κ2) is 9.34. The molecule has 3 rings (SSSR count). The molecule has 1 aromatic carbocycles. The zero-order chi connectivity index (χ0) is 21.7. The van der Waals surface area contributed by atoms with Gasteiger partial charge in [0.1, 0.15) is 17.6 Å². The van der Waals surface area contributed by atoms with Gasteiger partial charge in [-0.2, -0.15) is 0 Å². The van der Waals surface area contributed by atoms with Gasteiger partial charge in [-0.1, -0.05) is 0 Å². The van der Waals surface area contributed by atoms with Crippen molar-refractivity contribution < 1.29 is 19.2 Å². The van der Waals surface area contributed by atoms with Crippen LogP contribution in [0.15, 0.2) is 42.7 Å². The maximum absolute atomic E-state index is 12.5. The van der Waals surface area contributed by atoms with E-state index in [-0.39, 0.29) is 36.0 Å². The molecule has 1 aromatic heterocycles. The van der Waals surface area contributed by atoms with Crippen LogP contribution in [-0.4, -0.2) is 45.3 Å². The van der Waals surface area contributed by atoms with E-state index < -0.39 is 10.8 Å². The number of anilines is 1. The highest BCUT2D eigenvalue weighted by Gasteiger charge is 2.29. The van der Waals surface area contributed by atoms with Crippen molar-refractivity contribution in [2.45, 2.75) is 45.2 Å². The van der Waals surface area contributed by atoms with Crippen molar-refractivity contribution in [1.29, 1.82) is 0 Å². The molecule has 2 atom stereocenters. The Labute approximate surface area is 174 Å². The summed E-state index contributed by atoms with van der Waals surface area (Å²) in [6, 6.07) is 8.02. The zero-order valence-electron chi connectivity index (χ0n) is 16.9. The minimum Gasteiger partial charge on any atom is -0.484 e. The number of carbonyl (C=O) groups excluding carboxylic acids is 2. The highest BCUT2D eigenvalue weighted by Crippen LogP contribution is 2.24. The molecule has 0 aliphatic carbocycles. The minimum absolute atomic E-state index is 0.0542. The van der Waals surface area contributed by atoms with Crippen LogP contribution in [0.25, 0.3) is 0 Å².